The van der Waals surface area contributed by atoms with E-state index in [9.17, 15) is 4.79 Å². The van der Waals surface area contributed by atoms with Crippen molar-refractivity contribution in [3.63, 3.8) is 0 Å². The highest BCUT2D eigenvalue weighted by molar-refractivity contribution is 5.92. The van der Waals surface area contributed by atoms with Crippen molar-refractivity contribution >= 4 is 11.6 Å². The lowest BCUT2D eigenvalue weighted by atomic mass is 10.2. The Morgan fingerprint density at radius 3 is 2.88 bits per heavy atom. The number of nitrogens with one attached hydrogen (secondary N) is 1. The van der Waals surface area contributed by atoms with Crippen LogP contribution in [0.4, 0.5) is 5.69 Å². The van der Waals surface area contributed by atoms with Gasteiger partial charge in [-0.25, -0.2) is 0 Å². The third-order valence-corrected chi connectivity index (χ3v) is 2.08. The molecule has 16 heavy (non-hydrogen) atoms. The maximum absolute atomic E-state index is 11.4. The predicted molar refractivity (Wildman–Crippen MR) is 61.2 cm³/mol. The monoisotopic (exact) mass is 218 g/mol. The van der Waals surface area contributed by atoms with E-state index < -0.39 is 0 Å². The summed E-state index contributed by atoms with van der Waals surface area (Å²) in [5.41, 5.74) is 1.10. The number of hydrogen-bond donors (Lipinski definition) is 1. The van der Waals surface area contributed by atoms with Crippen LogP contribution in [0.1, 0.15) is 25.3 Å². The number of amides is 1. The molecular formula is C12H14N2O2. The zero-order valence-corrected chi connectivity index (χ0v) is 9.41. The second kappa shape index (κ2) is 5.76. The molecule has 0 heterocycles. The van der Waals surface area contributed by atoms with Crippen LogP contribution in [-0.2, 0) is 4.79 Å². The van der Waals surface area contributed by atoms with Crippen LogP contribution in [0, 0.1) is 11.3 Å². The Labute approximate surface area is 94.8 Å². The molecule has 1 N–H and O–H groups in total. The number of hydrogen-bond acceptors (Lipinski definition) is 3. The van der Waals surface area contributed by atoms with Gasteiger partial charge in [0.25, 0.3) is 0 Å². The van der Waals surface area contributed by atoms with Gasteiger partial charge < -0.3 is 10.1 Å². The zero-order valence-electron chi connectivity index (χ0n) is 9.41. The zero-order chi connectivity index (χ0) is 12.0. The van der Waals surface area contributed by atoms with E-state index in [0.717, 1.165) is 6.42 Å². The number of nitriles is 1. The van der Waals surface area contributed by atoms with E-state index in [4.69, 9.17) is 10.00 Å². The van der Waals surface area contributed by atoms with Gasteiger partial charge in [-0.2, -0.15) is 5.26 Å². The molecule has 1 rings (SSSR count). The average Bonchev–Trinajstić information content (AvgIpc) is 2.30. The highest BCUT2D eigenvalue weighted by atomic mass is 16.5. The smallest absolute Gasteiger partial charge is 0.224 e. The van der Waals surface area contributed by atoms with Crippen LogP contribution >= 0.6 is 0 Å². The van der Waals surface area contributed by atoms with E-state index in [0.29, 0.717) is 23.4 Å². The van der Waals surface area contributed by atoms with Gasteiger partial charge in [-0.15, -0.1) is 0 Å². The summed E-state index contributed by atoms with van der Waals surface area (Å²) in [6.07, 6.45) is 1.27. The van der Waals surface area contributed by atoms with Gasteiger partial charge in [0.05, 0.1) is 24.4 Å². The highest BCUT2D eigenvalue weighted by Gasteiger charge is 2.07. The van der Waals surface area contributed by atoms with E-state index >= 15 is 0 Å². The Balaban J connectivity index is 2.88. The van der Waals surface area contributed by atoms with Crippen LogP contribution in [-0.4, -0.2) is 13.0 Å². The largest absolute Gasteiger partial charge is 0.495 e. The Morgan fingerprint density at radius 2 is 2.31 bits per heavy atom. The van der Waals surface area contributed by atoms with Crippen molar-refractivity contribution in [2.45, 2.75) is 19.8 Å². The second-order valence-corrected chi connectivity index (χ2v) is 3.33. The van der Waals surface area contributed by atoms with Gasteiger partial charge in [0.15, 0.2) is 0 Å². The number of rotatable bonds is 4. The Hall–Kier alpha value is -2.02. The van der Waals surface area contributed by atoms with Gasteiger partial charge in [0, 0.05) is 12.5 Å². The molecule has 0 aliphatic rings. The van der Waals surface area contributed by atoms with Crippen LogP contribution in [0.3, 0.4) is 0 Å². The highest BCUT2D eigenvalue weighted by Crippen LogP contribution is 2.25. The lowest BCUT2D eigenvalue weighted by molar-refractivity contribution is -0.116. The first-order valence-electron chi connectivity index (χ1n) is 5.09. The normalized spacial score (nSPS) is 9.31. The maximum atomic E-state index is 11.4. The molecule has 84 valence electrons. The second-order valence-electron chi connectivity index (χ2n) is 3.33. The summed E-state index contributed by atoms with van der Waals surface area (Å²) in [5, 5.41) is 11.5. The molecule has 4 nitrogen and oxygen atoms in total. The first-order chi connectivity index (χ1) is 7.71. The van der Waals surface area contributed by atoms with Gasteiger partial charge >= 0.3 is 0 Å². The van der Waals surface area contributed by atoms with Gasteiger partial charge in [-0.3, -0.25) is 4.79 Å². The minimum absolute atomic E-state index is 0.0505. The maximum Gasteiger partial charge on any atom is 0.224 e. The first kappa shape index (κ1) is 12.1. The fourth-order valence-electron chi connectivity index (χ4n) is 1.30. The third kappa shape index (κ3) is 2.99. The molecule has 0 atom stereocenters. The summed E-state index contributed by atoms with van der Waals surface area (Å²) in [4.78, 5) is 11.4. The Morgan fingerprint density at radius 1 is 1.56 bits per heavy atom. The molecule has 0 aliphatic carbocycles. The van der Waals surface area contributed by atoms with E-state index in [-0.39, 0.29) is 5.91 Å². The van der Waals surface area contributed by atoms with Crippen LogP contribution in [0.25, 0.3) is 0 Å². The lowest BCUT2D eigenvalue weighted by Gasteiger charge is -2.09. The molecule has 1 amide bonds. The molecule has 0 saturated heterocycles. The standard InChI is InChI=1S/C12H14N2O2/c1-3-4-12(15)14-10-6-5-9(8-13)7-11(10)16-2/h5-7H,3-4H2,1-2H3,(H,14,15). The minimum atomic E-state index is -0.0505. The molecule has 0 saturated carbocycles. The van der Waals surface area contributed by atoms with Crippen LogP contribution < -0.4 is 10.1 Å². The topological polar surface area (TPSA) is 62.1 Å². The van der Waals surface area contributed by atoms with Gasteiger partial charge in [-0.1, -0.05) is 6.92 Å². The quantitative estimate of drug-likeness (QED) is 0.843. The SMILES string of the molecule is CCCC(=O)Nc1ccc(C#N)cc1OC. The van der Waals surface area contributed by atoms with Crippen molar-refractivity contribution in [1.29, 1.82) is 5.26 Å². The van der Waals surface area contributed by atoms with Gasteiger partial charge in [0.2, 0.25) is 5.91 Å². The number of methoxy groups -OCH3 is 1. The average molecular weight is 218 g/mol. The Bertz CT molecular complexity index is 422. The molecule has 0 fully saturated rings. The van der Waals surface area contributed by atoms with E-state index in [1.165, 1.54) is 7.11 Å². The lowest BCUT2D eigenvalue weighted by Crippen LogP contribution is -2.11. The summed E-state index contributed by atoms with van der Waals surface area (Å²) in [6.45, 7) is 1.94. The number of carbonyl (C=O) groups is 1. The molecule has 0 aromatic heterocycles. The molecule has 0 aliphatic heterocycles. The fraction of sp³-hybridized carbons (Fsp3) is 0.333. The van der Waals surface area contributed by atoms with Crippen LogP contribution in [0.2, 0.25) is 0 Å². The number of ether oxygens (including phenoxy) is 1. The van der Waals surface area contributed by atoms with Crippen molar-refractivity contribution in [2.24, 2.45) is 0 Å². The molecule has 0 radical (unpaired) electrons. The molecule has 0 unspecified atom stereocenters. The molecule has 0 spiro atoms. The minimum Gasteiger partial charge on any atom is -0.495 e. The van der Waals surface area contributed by atoms with Crippen molar-refractivity contribution < 1.29 is 9.53 Å². The van der Waals surface area contributed by atoms with E-state index in [1.54, 1.807) is 18.2 Å². The number of benzene rings is 1. The summed E-state index contributed by atoms with van der Waals surface area (Å²) < 4.78 is 5.10. The predicted octanol–water partition coefficient (Wildman–Crippen LogP) is 2.31. The fourth-order valence-corrected chi connectivity index (χ4v) is 1.30. The van der Waals surface area contributed by atoms with E-state index in [2.05, 4.69) is 5.32 Å². The van der Waals surface area contributed by atoms with Crippen molar-refractivity contribution in [1.82, 2.24) is 0 Å². The van der Waals surface area contributed by atoms with Crippen molar-refractivity contribution in [3.8, 4) is 11.8 Å². The third-order valence-electron chi connectivity index (χ3n) is 2.08. The molecule has 1 aromatic rings. The Kier molecular flexibility index (Phi) is 4.34. The van der Waals surface area contributed by atoms with Gasteiger partial charge in [-0.05, 0) is 18.6 Å². The summed E-state index contributed by atoms with van der Waals surface area (Å²) in [6, 6.07) is 6.93. The number of anilines is 1. The van der Waals surface area contributed by atoms with Gasteiger partial charge in [0.1, 0.15) is 5.75 Å². The van der Waals surface area contributed by atoms with Crippen LogP contribution in [0.15, 0.2) is 18.2 Å². The number of carbonyl (C=O) groups excluding carboxylic acids is 1. The van der Waals surface area contributed by atoms with Crippen molar-refractivity contribution in [3.05, 3.63) is 23.8 Å². The van der Waals surface area contributed by atoms with Crippen LogP contribution in [0.5, 0.6) is 5.75 Å². The molecular weight excluding hydrogens is 204 g/mol. The first-order valence-corrected chi connectivity index (χ1v) is 5.09. The summed E-state index contributed by atoms with van der Waals surface area (Å²) >= 11 is 0. The molecule has 4 heteroatoms. The summed E-state index contributed by atoms with van der Waals surface area (Å²) in [7, 11) is 1.51. The van der Waals surface area contributed by atoms with Crippen molar-refractivity contribution in [2.75, 3.05) is 12.4 Å². The van der Waals surface area contributed by atoms with E-state index in [1.807, 2.05) is 13.0 Å². The number of nitrogens with zero attached hydrogens (tertiary/aromatic N) is 1. The molecule has 0 bridgehead atoms. The molecule has 1 aromatic carbocycles. The summed E-state index contributed by atoms with van der Waals surface area (Å²) in [5.74, 6) is 0.453.